The molecule has 0 bridgehead atoms. The number of amides is 3. The van der Waals surface area contributed by atoms with Gasteiger partial charge in [0.15, 0.2) is 0 Å². The lowest BCUT2D eigenvalue weighted by Crippen LogP contribution is -2.46. The van der Waals surface area contributed by atoms with E-state index in [1.165, 1.54) is 4.90 Å². The number of urea groups is 1. The molecule has 3 amide bonds. The summed E-state index contributed by atoms with van der Waals surface area (Å²) in [5.74, 6) is 0.571. The van der Waals surface area contributed by atoms with Crippen molar-refractivity contribution in [2.75, 3.05) is 32.0 Å². The van der Waals surface area contributed by atoms with E-state index >= 15 is 0 Å². The first kappa shape index (κ1) is 18.8. The van der Waals surface area contributed by atoms with Crippen molar-refractivity contribution >= 4 is 17.6 Å². The molecule has 0 aromatic heterocycles. The molecule has 6 nitrogen and oxygen atoms in total. The molecule has 1 fully saturated rings. The molecule has 6 heteroatoms. The van der Waals surface area contributed by atoms with Crippen LogP contribution in [0, 0.1) is 23.2 Å². The number of piperidine rings is 1. The van der Waals surface area contributed by atoms with E-state index in [1.54, 1.807) is 7.05 Å². The van der Waals surface area contributed by atoms with E-state index in [0.29, 0.717) is 25.4 Å². The van der Waals surface area contributed by atoms with Crippen LogP contribution in [-0.2, 0) is 4.79 Å². The zero-order valence-corrected chi connectivity index (χ0v) is 14.9. The maximum Gasteiger partial charge on any atom is 0.321 e. The molecule has 1 aromatic carbocycles. The Morgan fingerprint density at radius 3 is 2.68 bits per heavy atom. The first-order valence-electron chi connectivity index (χ1n) is 8.77. The summed E-state index contributed by atoms with van der Waals surface area (Å²) in [4.78, 5) is 28.0. The summed E-state index contributed by atoms with van der Waals surface area (Å²) < 4.78 is 0. The maximum absolute atomic E-state index is 12.5. The van der Waals surface area contributed by atoms with Crippen molar-refractivity contribution < 1.29 is 9.59 Å². The van der Waals surface area contributed by atoms with Gasteiger partial charge < -0.3 is 15.1 Å². The Hall–Kier alpha value is -2.55. The maximum atomic E-state index is 12.5. The van der Waals surface area contributed by atoms with Crippen LogP contribution in [-0.4, -0.2) is 48.4 Å². The molecule has 1 saturated heterocycles. The van der Waals surface area contributed by atoms with Crippen LogP contribution in [0.15, 0.2) is 30.3 Å². The van der Waals surface area contributed by atoms with Crippen LogP contribution in [0.25, 0.3) is 0 Å². The molecule has 134 valence electrons. The van der Waals surface area contributed by atoms with Gasteiger partial charge in [-0.05, 0) is 30.4 Å². The van der Waals surface area contributed by atoms with Gasteiger partial charge in [-0.1, -0.05) is 31.5 Å². The number of benzene rings is 1. The molecular weight excluding hydrogens is 316 g/mol. The minimum absolute atomic E-state index is 0.00665. The average molecular weight is 342 g/mol. The second-order valence-electron chi connectivity index (χ2n) is 6.57. The zero-order chi connectivity index (χ0) is 18.2. The summed E-state index contributed by atoms with van der Waals surface area (Å²) in [6.45, 7) is 3.53. The molecule has 1 heterocycles. The fraction of sp³-hybridized carbons (Fsp3) is 0.526. The highest BCUT2D eigenvalue weighted by Crippen LogP contribution is 2.29. The fourth-order valence-electron chi connectivity index (χ4n) is 3.29. The second kappa shape index (κ2) is 9.07. The Labute approximate surface area is 149 Å². The van der Waals surface area contributed by atoms with Gasteiger partial charge in [-0.15, -0.1) is 0 Å². The standard InChI is InChI=1S/C19H26N4O2/c1-3-15-14-23(19(25)21-17-7-5-4-6-8-17)11-9-16(15)13-18(24)22(2)12-10-20/h4-8,15-16H,3,9,11-14H2,1-2H3,(H,21,25). The number of nitrogens with zero attached hydrogens (tertiary/aromatic N) is 3. The number of hydrogen-bond acceptors (Lipinski definition) is 3. The lowest BCUT2D eigenvalue weighted by Gasteiger charge is -2.38. The Kier molecular flexibility index (Phi) is 6.81. The van der Waals surface area contributed by atoms with Gasteiger partial charge in [-0.2, -0.15) is 5.26 Å². The molecule has 2 atom stereocenters. The van der Waals surface area contributed by atoms with Crippen molar-refractivity contribution in [1.82, 2.24) is 9.80 Å². The smallest absolute Gasteiger partial charge is 0.321 e. The number of likely N-dealkylation sites (tertiary alicyclic amines) is 1. The number of anilines is 1. The second-order valence-corrected chi connectivity index (χ2v) is 6.57. The van der Waals surface area contributed by atoms with Gasteiger partial charge in [0.2, 0.25) is 5.91 Å². The molecule has 1 aromatic rings. The highest BCUT2D eigenvalue weighted by Gasteiger charge is 2.32. The van der Waals surface area contributed by atoms with Crippen molar-refractivity contribution in [3.05, 3.63) is 30.3 Å². The van der Waals surface area contributed by atoms with Gasteiger partial charge in [0.05, 0.1) is 6.07 Å². The predicted molar refractivity (Wildman–Crippen MR) is 96.8 cm³/mol. The molecule has 0 radical (unpaired) electrons. The number of para-hydroxylation sites is 1. The minimum atomic E-state index is -0.0870. The van der Waals surface area contributed by atoms with Crippen LogP contribution < -0.4 is 5.32 Å². The summed E-state index contributed by atoms with van der Waals surface area (Å²) in [6.07, 6.45) is 2.19. The van der Waals surface area contributed by atoms with Crippen molar-refractivity contribution in [3.63, 3.8) is 0 Å². The number of carbonyl (C=O) groups excluding carboxylic acids is 2. The Morgan fingerprint density at radius 2 is 2.04 bits per heavy atom. The Balaban J connectivity index is 1.91. The van der Waals surface area contributed by atoms with Gasteiger partial charge >= 0.3 is 6.03 Å². The minimum Gasteiger partial charge on any atom is -0.332 e. The van der Waals surface area contributed by atoms with Crippen LogP contribution in [0.3, 0.4) is 0 Å². The fourth-order valence-corrected chi connectivity index (χ4v) is 3.29. The predicted octanol–water partition coefficient (Wildman–Crippen LogP) is 2.94. The van der Waals surface area contributed by atoms with Gasteiger partial charge in [0.1, 0.15) is 6.54 Å². The van der Waals surface area contributed by atoms with E-state index in [4.69, 9.17) is 5.26 Å². The van der Waals surface area contributed by atoms with E-state index < -0.39 is 0 Å². The third-order valence-corrected chi connectivity index (χ3v) is 4.90. The molecule has 25 heavy (non-hydrogen) atoms. The topological polar surface area (TPSA) is 76.4 Å². The van der Waals surface area contributed by atoms with E-state index in [9.17, 15) is 9.59 Å². The molecular formula is C19H26N4O2. The van der Waals surface area contributed by atoms with Crippen LogP contribution >= 0.6 is 0 Å². The van der Waals surface area contributed by atoms with Gasteiger partial charge in [-0.3, -0.25) is 4.79 Å². The summed E-state index contributed by atoms with van der Waals surface area (Å²) in [6, 6.07) is 11.3. The molecule has 0 saturated carbocycles. The molecule has 1 N–H and O–H groups in total. The highest BCUT2D eigenvalue weighted by molar-refractivity contribution is 5.89. The molecule has 1 aliphatic heterocycles. The van der Waals surface area contributed by atoms with Gasteiger partial charge in [-0.25, -0.2) is 4.79 Å². The molecule has 2 rings (SSSR count). The van der Waals surface area contributed by atoms with E-state index in [0.717, 1.165) is 18.5 Å². The number of carbonyl (C=O) groups is 2. The lowest BCUT2D eigenvalue weighted by molar-refractivity contribution is -0.131. The largest absolute Gasteiger partial charge is 0.332 e. The monoisotopic (exact) mass is 342 g/mol. The van der Waals surface area contributed by atoms with Crippen LogP contribution in [0.5, 0.6) is 0 Å². The van der Waals surface area contributed by atoms with E-state index in [-0.39, 0.29) is 24.4 Å². The third kappa shape index (κ3) is 5.21. The molecule has 2 unspecified atom stereocenters. The summed E-state index contributed by atoms with van der Waals surface area (Å²) in [7, 11) is 1.66. The van der Waals surface area contributed by atoms with Crippen LogP contribution in [0.4, 0.5) is 10.5 Å². The third-order valence-electron chi connectivity index (χ3n) is 4.90. The zero-order valence-electron chi connectivity index (χ0n) is 14.9. The van der Waals surface area contributed by atoms with Gasteiger partial charge in [0, 0.05) is 32.2 Å². The SMILES string of the molecule is CCC1CN(C(=O)Nc2ccccc2)CCC1CC(=O)N(C)CC#N. The van der Waals surface area contributed by atoms with Crippen molar-refractivity contribution in [2.45, 2.75) is 26.2 Å². The summed E-state index contributed by atoms with van der Waals surface area (Å²) >= 11 is 0. The van der Waals surface area contributed by atoms with Crippen molar-refractivity contribution in [1.29, 1.82) is 5.26 Å². The summed E-state index contributed by atoms with van der Waals surface area (Å²) in [5.41, 5.74) is 0.788. The first-order valence-corrected chi connectivity index (χ1v) is 8.77. The van der Waals surface area contributed by atoms with E-state index in [2.05, 4.69) is 12.2 Å². The Bertz CT molecular complexity index is 626. The Morgan fingerprint density at radius 1 is 1.32 bits per heavy atom. The number of rotatable bonds is 5. The van der Waals surface area contributed by atoms with Crippen LogP contribution in [0.1, 0.15) is 26.2 Å². The number of hydrogen-bond donors (Lipinski definition) is 1. The number of nitriles is 1. The first-order chi connectivity index (χ1) is 12.0. The highest BCUT2D eigenvalue weighted by atomic mass is 16.2. The van der Waals surface area contributed by atoms with Crippen molar-refractivity contribution in [2.24, 2.45) is 11.8 Å². The van der Waals surface area contributed by atoms with Crippen molar-refractivity contribution in [3.8, 4) is 6.07 Å². The number of nitrogens with one attached hydrogen (secondary N) is 1. The lowest BCUT2D eigenvalue weighted by atomic mass is 9.81. The molecule has 0 spiro atoms. The average Bonchev–Trinajstić information content (AvgIpc) is 2.63. The molecule has 1 aliphatic rings. The normalized spacial score (nSPS) is 19.8. The van der Waals surface area contributed by atoms with Gasteiger partial charge in [0.25, 0.3) is 0 Å². The quantitative estimate of drug-likeness (QED) is 0.836. The summed E-state index contributed by atoms with van der Waals surface area (Å²) in [5, 5.41) is 11.6. The van der Waals surface area contributed by atoms with Crippen LogP contribution in [0.2, 0.25) is 0 Å². The molecule has 0 aliphatic carbocycles. The van der Waals surface area contributed by atoms with E-state index in [1.807, 2.05) is 41.3 Å².